The molecule has 1 aromatic carbocycles. The number of hydrogen-bond acceptors (Lipinski definition) is 12. The molecule has 4 rings (SSSR count). The number of nitrogen functional groups attached to an aromatic ring is 1. The number of ether oxygens (including phenoxy) is 1. The summed E-state index contributed by atoms with van der Waals surface area (Å²) in [7, 11) is 0. The van der Waals surface area contributed by atoms with Crippen LogP contribution in [0.3, 0.4) is 0 Å². The summed E-state index contributed by atoms with van der Waals surface area (Å²) in [6, 6.07) is 0. The van der Waals surface area contributed by atoms with Gasteiger partial charge in [0.2, 0.25) is 11.9 Å². The lowest BCUT2D eigenvalue weighted by Crippen LogP contribution is -2.41. The first-order valence-electron chi connectivity index (χ1n) is 11.0. The number of hydrogen-bond donors (Lipinski definition) is 7. The second-order valence-electron chi connectivity index (χ2n) is 8.09. The number of anilines is 3. The third-order valence-corrected chi connectivity index (χ3v) is 5.75. The van der Waals surface area contributed by atoms with Gasteiger partial charge in [-0.15, -0.1) is 0 Å². The van der Waals surface area contributed by atoms with Crippen molar-refractivity contribution in [2.75, 3.05) is 36.0 Å². The van der Waals surface area contributed by atoms with Crippen molar-refractivity contribution in [1.29, 1.82) is 0 Å². The molecule has 2 aromatic heterocycles. The highest BCUT2D eigenvalue weighted by molar-refractivity contribution is 5.75. The molecular weight excluding hydrogens is 464 g/mol. The standard InChI is InChI=1S/C20H26N8O7/c1-2-9(29)22-4-3-5-23-10-11(15(32)14(10)31)24-6-8-13(30)16(33)19(35-8)28-7-25-12-17(28)26-20(21)27-18(12)34/h7-8,13,16,19,23-24,30,33H,2-6H2,1H3,(H,22,29)(H3,21,26,27,34)/t8-,13-,16-,19+/m1/s1. The molecule has 188 valence electrons. The fraction of sp³-hybridized carbons (Fsp3) is 0.500. The summed E-state index contributed by atoms with van der Waals surface area (Å²) in [5, 5.41) is 29.4. The SMILES string of the molecule is CCC(=O)NCCCNc1c(NC[C@H]2O[C@H](n3cnc4c(=O)[nH]c(N)nc43)[C@H](O)[C@@H]2O)c(=O)c1=O. The van der Waals surface area contributed by atoms with Crippen LogP contribution in [0.5, 0.6) is 0 Å². The van der Waals surface area contributed by atoms with Crippen LogP contribution in [-0.2, 0) is 9.53 Å². The molecule has 0 saturated carbocycles. The van der Waals surface area contributed by atoms with Gasteiger partial charge in [0.15, 0.2) is 17.4 Å². The van der Waals surface area contributed by atoms with Crippen molar-refractivity contribution in [3.63, 3.8) is 0 Å². The van der Waals surface area contributed by atoms with E-state index in [-0.39, 0.29) is 40.9 Å². The molecule has 1 saturated heterocycles. The monoisotopic (exact) mass is 490 g/mol. The first-order valence-corrected chi connectivity index (χ1v) is 11.0. The Labute approximate surface area is 197 Å². The number of H-pyrrole nitrogens is 1. The van der Waals surface area contributed by atoms with E-state index in [1.165, 1.54) is 10.9 Å². The number of aromatic amines is 1. The molecule has 0 radical (unpaired) electrons. The van der Waals surface area contributed by atoms with Crippen LogP contribution < -0.4 is 38.1 Å². The van der Waals surface area contributed by atoms with Crippen LogP contribution in [-0.4, -0.2) is 73.6 Å². The first-order chi connectivity index (χ1) is 16.7. The second-order valence-corrected chi connectivity index (χ2v) is 8.09. The van der Waals surface area contributed by atoms with Crippen LogP contribution in [0.15, 0.2) is 20.7 Å². The van der Waals surface area contributed by atoms with Gasteiger partial charge in [0.25, 0.3) is 16.4 Å². The Morgan fingerprint density at radius 2 is 1.89 bits per heavy atom. The average Bonchev–Trinajstić information content (AvgIpc) is 3.38. The number of amides is 1. The highest BCUT2D eigenvalue weighted by Crippen LogP contribution is 2.31. The minimum atomic E-state index is -1.40. The smallest absolute Gasteiger partial charge is 0.280 e. The van der Waals surface area contributed by atoms with Gasteiger partial charge >= 0.3 is 0 Å². The fourth-order valence-electron chi connectivity index (χ4n) is 3.84. The lowest BCUT2D eigenvalue weighted by atomic mass is 10.1. The zero-order valence-corrected chi connectivity index (χ0v) is 18.8. The molecule has 0 bridgehead atoms. The number of fused-ring (bicyclic) bond motifs is 1. The van der Waals surface area contributed by atoms with Crippen LogP contribution in [0.4, 0.5) is 17.3 Å². The molecule has 0 spiro atoms. The second kappa shape index (κ2) is 9.81. The number of nitrogens with one attached hydrogen (secondary N) is 4. The van der Waals surface area contributed by atoms with Gasteiger partial charge in [0.05, 0.1) is 6.33 Å². The minimum absolute atomic E-state index is 0.0141. The molecule has 3 aromatic rings. The molecule has 1 amide bonds. The number of aliphatic hydroxyl groups is 2. The van der Waals surface area contributed by atoms with Crippen molar-refractivity contribution in [1.82, 2.24) is 24.8 Å². The number of carbonyl (C=O) groups is 1. The van der Waals surface area contributed by atoms with Crippen molar-refractivity contribution >= 4 is 34.4 Å². The van der Waals surface area contributed by atoms with Gasteiger partial charge in [-0.2, -0.15) is 4.98 Å². The van der Waals surface area contributed by atoms with E-state index in [0.29, 0.717) is 25.9 Å². The van der Waals surface area contributed by atoms with Crippen molar-refractivity contribution in [2.24, 2.45) is 0 Å². The highest BCUT2D eigenvalue weighted by Gasteiger charge is 2.44. The number of nitrogens with zero attached hydrogens (tertiary/aromatic N) is 3. The largest absolute Gasteiger partial charge is 0.387 e. The van der Waals surface area contributed by atoms with Crippen LogP contribution in [0.2, 0.25) is 0 Å². The van der Waals surface area contributed by atoms with E-state index in [4.69, 9.17) is 10.5 Å². The highest BCUT2D eigenvalue weighted by atomic mass is 16.6. The molecule has 1 aliphatic rings. The Hall–Kier alpha value is -3.82. The third kappa shape index (κ3) is 4.60. The molecular formula is C20H26N8O7. The molecule has 4 atom stereocenters. The van der Waals surface area contributed by atoms with E-state index in [9.17, 15) is 29.4 Å². The average molecular weight is 490 g/mol. The molecule has 0 unspecified atom stereocenters. The molecule has 1 fully saturated rings. The van der Waals surface area contributed by atoms with Gasteiger partial charge in [-0.25, -0.2) is 4.98 Å². The van der Waals surface area contributed by atoms with Crippen molar-refractivity contribution in [3.05, 3.63) is 37.1 Å². The maximum absolute atomic E-state index is 12.0. The Kier molecular flexibility index (Phi) is 6.81. The summed E-state index contributed by atoms with van der Waals surface area (Å²) >= 11 is 0. The summed E-state index contributed by atoms with van der Waals surface area (Å²) in [6.45, 7) is 2.43. The van der Waals surface area contributed by atoms with E-state index < -0.39 is 41.0 Å². The number of aliphatic hydroxyl groups excluding tert-OH is 2. The zero-order chi connectivity index (χ0) is 25.3. The van der Waals surface area contributed by atoms with Gasteiger partial charge < -0.3 is 36.6 Å². The maximum atomic E-state index is 12.0. The maximum Gasteiger partial charge on any atom is 0.280 e. The molecule has 1 aliphatic heterocycles. The van der Waals surface area contributed by atoms with Gasteiger partial charge in [0, 0.05) is 26.1 Å². The topological polar surface area (TPSA) is 227 Å². The Morgan fingerprint density at radius 3 is 2.60 bits per heavy atom. The Balaban J connectivity index is 1.39. The Morgan fingerprint density at radius 1 is 1.17 bits per heavy atom. The minimum Gasteiger partial charge on any atom is -0.387 e. The van der Waals surface area contributed by atoms with Crippen molar-refractivity contribution in [3.8, 4) is 0 Å². The van der Waals surface area contributed by atoms with Gasteiger partial charge in [-0.3, -0.25) is 28.7 Å². The normalized spacial score (nSPS) is 22.0. The summed E-state index contributed by atoms with van der Waals surface area (Å²) in [5.74, 6) is -0.227. The molecule has 3 heterocycles. The molecule has 15 heteroatoms. The molecule has 8 N–H and O–H groups in total. The van der Waals surface area contributed by atoms with Crippen LogP contribution in [0.1, 0.15) is 26.0 Å². The van der Waals surface area contributed by atoms with Gasteiger partial charge in [-0.1, -0.05) is 6.92 Å². The van der Waals surface area contributed by atoms with Crippen molar-refractivity contribution < 1.29 is 19.7 Å². The third-order valence-electron chi connectivity index (χ3n) is 5.75. The van der Waals surface area contributed by atoms with E-state index in [1.54, 1.807) is 6.92 Å². The quantitative estimate of drug-likeness (QED) is 0.114. The van der Waals surface area contributed by atoms with Crippen molar-refractivity contribution in [2.45, 2.75) is 44.3 Å². The Bertz CT molecular complexity index is 1360. The lowest BCUT2D eigenvalue weighted by molar-refractivity contribution is -0.120. The summed E-state index contributed by atoms with van der Waals surface area (Å²) in [4.78, 5) is 57.5. The van der Waals surface area contributed by atoms with E-state index >= 15 is 0 Å². The van der Waals surface area contributed by atoms with Crippen LogP contribution in [0, 0.1) is 0 Å². The number of aromatic nitrogens is 4. The number of nitrogens with two attached hydrogens (primary N) is 1. The van der Waals surface area contributed by atoms with E-state index in [1.807, 2.05) is 0 Å². The summed E-state index contributed by atoms with van der Waals surface area (Å²) < 4.78 is 7.06. The number of imidazole rings is 1. The first kappa shape index (κ1) is 24.3. The van der Waals surface area contributed by atoms with Crippen LogP contribution in [0.25, 0.3) is 11.2 Å². The molecule has 0 aliphatic carbocycles. The number of carbonyl (C=O) groups excluding carboxylic acids is 1. The van der Waals surface area contributed by atoms with Gasteiger partial charge in [0.1, 0.15) is 29.7 Å². The fourth-order valence-corrected chi connectivity index (χ4v) is 3.84. The summed E-state index contributed by atoms with van der Waals surface area (Å²) in [6.07, 6.45) is -2.68. The predicted molar refractivity (Wildman–Crippen MR) is 125 cm³/mol. The zero-order valence-electron chi connectivity index (χ0n) is 18.8. The predicted octanol–water partition coefficient (Wildman–Crippen LogP) is -2.64. The molecule has 15 nitrogen and oxygen atoms in total. The summed E-state index contributed by atoms with van der Waals surface area (Å²) in [5.41, 5.74) is 3.86. The van der Waals surface area contributed by atoms with Gasteiger partial charge in [-0.05, 0) is 6.42 Å². The van der Waals surface area contributed by atoms with E-state index in [0.717, 1.165) is 0 Å². The number of rotatable bonds is 10. The molecule has 35 heavy (non-hydrogen) atoms. The van der Waals surface area contributed by atoms with E-state index in [2.05, 4.69) is 30.9 Å². The van der Waals surface area contributed by atoms with Crippen LogP contribution >= 0.6 is 0 Å². The lowest BCUT2D eigenvalue weighted by Gasteiger charge is -2.19.